The summed E-state index contributed by atoms with van der Waals surface area (Å²) >= 11 is 0. The third kappa shape index (κ3) is 1.68. The first-order valence-electron chi connectivity index (χ1n) is 4.34. The summed E-state index contributed by atoms with van der Waals surface area (Å²) in [4.78, 5) is 0. The van der Waals surface area contributed by atoms with Gasteiger partial charge in [-0.25, -0.2) is 0 Å². The topological polar surface area (TPSA) is 58.9 Å². The highest BCUT2D eigenvalue weighted by Gasteiger charge is 2.52. The van der Waals surface area contributed by atoms with E-state index in [1.54, 1.807) is 6.92 Å². The number of hydrogen-bond acceptors (Lipinski definition) is 4. The van der Waals surface area contributed by atoms with Gasteiger partial charge in [0.05, 0.1) is 12.7 Å². The molecule has 1 fully saturated rings. The molecule has 2 N–H and O–H groups in total. The van der Waals surface area contributed by atoms with E-state index < -0.39 is 24.1 Å². The van der Waals surface area contributed by atoms with Crippen molar-refractivity contribution in [2.75, 3.05) is 6.61 Å². The molecular formula is C10H14O4. The summed E-state index contributed by atoms with van der Waals surface area (Å²) in [7, 11) is 0. The largest absolute Gasteiger partial charge is 0.387 e. The van der Waals surface area contributed by atoms with Crippen LogP contribution >= 0.6 is 0 Å². The van der Waals surface area contributed by atoms with Crippen LogP contribution in [0.5, 0.6) is 0 Å². The van der Waals surface area contributed by atoms with Crippen molar-refractivity contribution in [3.63, 3.8) is 0 Å². The smallest absolute Gasteiger partial charge is 0.263 e. The molecule has 0 spiro atoms. The van der Waals surface area contributed by atoms with Crippen LogP contribution in [-0.2, 0) is 9.47 Å². The first kappa shape index (κ1) is 11.2. The zero-order valence-electron chi connectivity index (χ0n) is 8.01. The number of terminal acetylenes is 1. The maximum Gasteiger partial charge on any atom is 0.263 e. The molecule has 1 aliphatic rings. The van der Waals surface area contributed by atoms with Crippen molar-refractivity contribution >= 4 is 0 Å². The predicted molar refractivity (Wildman–Crippen MR) is 50.3 cm³/mol. The molecule has 0 amide bonds. The molecule has 1 saturated heterocycles. The SMILES string of the molecule is C#CC1(OCC=C)OC(C)C(O)C1O. The van der Waals surface area contributed by atoms with Crippen LogP contribution in [0.1, 0.15) is 6.92 Å². The van der Waals surface area contributed by atoms with Gasteiger partial charge in [-0.15, -0.1) is 13.0 Å². The second-order valence-corrected chi connectivity index (χ2v) is 3.17. The number of aliphatic hydroxyl groups is 2. The molecule has 0 saturated carbocycles. The minimum Gasteiger partial charge on any atom is -0.387 e. The van der Waals surface area contributed by atoms with E-state index in [4.69, 9.17) is 15.9 Å². The van der Waals surface area contributed by atoms with Gasteiger partial charge in [0.2, 0.25) is 0 Å². The summed E-state index contributed by atoms with van der Waals surface area (Å²) in [6, 6.07) is 0. The molecule has 4 nitrogen and oxygen atoms in total. The summed E-state index contributed by atoms with van der Waals surface area (Å²) in [6.07, 6.45) is 3.89. The molecule has 4 unspecified atom stereocenters. The van der Waals surface area contributed by atoms with Crippen LogP contribution in [0.2, 0.25) is 0 Å². The Bertz CT molecular complexity index is 257. The Labute approximate surface area is 83.1 Å². The third-order valence-electron chi connectivity index (χ3n) is 2.17. The Kier molecular flexibility index (Phi) is 3.29. The van der Waals surface area contributed by atoms with E-state index >= 15 is 0 Å². The van der Waals surface area contributed by atoms with Gasteiger partial charge in [0, 0.05) is 0 Å². The van der Waals surface area contributed by atoms with Gasteiger partial charge >= 0.3 is 0 Å². The lowest BCUT2D eigenvalue weighted by atomic mass is 10.1. The lowest BCUT2D eigenvalue weighted by molar-refractivity contribution is -0.211. The zero-order valence-corrected chi connectivity index (χ0v) is 8.01. The van der Waals surface area contributed by atoms with Crippen LogP contribution in [0.3, 0.4) is 0 Å². The standard InChI is InChI=1S/C10H14O4/c1-4-6-13-10(5-2)9(12)8(11)7(3)14-10/h2,4,7-9,11-12H,1,6H2,3H3. The molecule has 4 atom stereocenters. The van der Waals surface area contributed by atoms with Crippen LogP contribution in [-0.4, -0.2) is 40.9 Å². The Hall–Kier alpha value is -0.860. The highest BCUT2D eigenvalue weighted by molar-refractivity contribution is 5.13. The Morgan fingerprint density at radius 3 is 2.71 bits per heavy atom. The number of rotatable bonds is 3. The minimum atomic E-state index is -1.55. The van der Waals surface area contributed by atoms with E-state index in [1.807, 2.05) is 0 Å². The molecule has 4 heteroatoms. The van der Waals surface area contributed by atoms with Crippen molar-refractivity contribution in [2.45, 2.75) is 31.0 Å². The van der Waals surface area contributed by atoms with E-state index in [-0.39, 0.29) is 6.61 Å². The fraction of sp³-hybridized carbons (Fsp3) is 0.600. The molecule has 0 radical (unpaired) electrons. The van der Waals surface area contributed by atoms with Gasteiger partial charge < -0.3 is 19.7 Å². The average Bonchev–Trinajstić information content (AvgIpc) is 2.41. The molecule has 0 aromatic heterocycles. The summed E-state index contributed by atoms with van der Waals surface area (Å²) in [5.41, 5.74) is 0. The van der Waals surface area contributed by atoms with Crippen molar-refractivity contribution in [3.8, 4) is 12.3 Å². The van der Waals surface area contributed by atoms with Crippen LogP contribution in [0.25, 0.3) is 0 Å². The molecular weight excluding hydrogens is 184 g/mol. The Morgan fingerprint density at radius 1 is 1.71 bits per heavy atom. The fourth-order valence-electron chi connectivity index (χ4n) is 1.36. The molecule has 0 bridgehead atoms. The molecule has 78 valence electrons. The molecule has 0 aromatic rings. The fourth-order valence-corrected chi connectivity index (χ4v) is 1.36. The second kappa shape index (κ2) is 4.11. The highest BCUT2D eigenvalue weighted by atomic mass is 16.7. The summed E-state index contributed by atoms with van der Waals surface area (Å²) < 4.78 is 10.4. The first-order chi connectivity index (χ1) is 6.57. The van der Waals surface area contributed by atoms with Crippen LogP contribution in [0.15, 0.2) is 12.7 Å². The predicted octanol–water partition coefficient (Wildman–Crippen LogP) is -0.341. The maximum atomic E-state index is 9.63. The Morgan fingerprint density at radius 2 is 2.36 bits per heavy atom. The van der Waals surface area contributed by atoms with E-state index in [0.717, 1.165) is 0 Å². The summed E-state index contributed by atoms with van der Waals surface area (Å²) in [5.74, 6) is 0.672. The number of hydrogen-bond donors (Lipinski definition) is 2. The van der Waals surface area contributed by atoms with Crippen molar-refractivity contribution < 1.29 is 19.7 Å². The molecule has 0 aliphatic carbocycles. The van der Waals surface area contributed by atoms with Crippen molar-refractivity contribution in [1.29, 1.82) is 0 Å². The van der Waals surface area contributed by atoms with Gasteiger partial charge in [-0.3, -0.25) is 0 Å². The summed E-state index contributed by atoms with van der Waals surface area (Å²) in [5, 5.41) is 19.1. The van der Waals surface area contributed by atoms with Gasteiger partial charge in [0.25, 0.3) is 5.79 Å². The summed E-state index contributed by atoms with van der Waals surface area (Å²) in [6.45, 7) is 5.23. The Balaban J connectivity index is 2.81. The quantitative estimate of drug-likeness (QED) is 0.481. The third-order valence-corrected chi connectivity index (χ3v) is 2.17. The number of ether oxygens (including phenoxy) is 2. The molecule has 14 heavy (non-hydrogen) atoms. The normalized spacial score (nSPS) is 42.0. The molecule has 0 aromatic carbocycles. The maximum absolute atomic E-state index is 9.63. The lowest BCUT2D eigenvalue weighted by Gasteiger charge is -2.25. The van der Waals surface area contributed by atoms with Crippen molar-refractivity contribution in [3.05, 3.63) is 12.7 Å². The van der Waals surface area contributed by atoms with Crippen molar-refractivity contribution in [1.82, 2.24) is 0 Å². The van der Waals surface area contributed by atoms with Crippen LogP contribution < -0.4 is 0 Å². The molecule has 1 aliphatic heterocycles. The lowest BCUT2D eigenvalue weighted by Crippen LogP contribution is -2.44. The zero-order chi connectivity index (χ0) is 10.8. The van der Waals surface area contributed by atoms with Gasteiger partial charge in [0.15, 0.2) is 0 Å². The second-order valence-electron chi connectivity index (χ2n) is 3.17. The molecule has 1 heterocycles. The van der Waals surface area contributed by atoms with Gasteiger partial charge in [0.1, 0.15) is 12.2 Å². The van der Waals surface area contributed by atoms with E-state index in [1.165, 1.54) is 6.08 Å². The average molecular weight is 198 g/mol. The number of aliphatic hydroxyl groups excluding tert-OH is 2. The van der Waals surface area contributed by atoms with Crippen LogP contribution in [0.4, 0.5) is 0 Å². The highest BCUT2D eigenvalue weighted by Crippen LogP contribution is 2.31. The monoisotopic (exact) mass is 198 g/mol. The molecule has 1 rings (SSSR count). The van der Waals surface area contributed by atoms with E-state index in [9.17, 15) is 10.2 Å². The van der Waals surface area contributed by atoms with Crippen molar-refractivity contribution in [2.24, 2.45) is 0 Å². The van der Waals surface area contributed by atoms with Gasteiger partial charge in [-0.05, 0) is 12.8 Å². The minimum absolute atomic E-state index is 0.153. The van der Waals surface area contributed by atoms with Gasteiger partial charge in [-0.1, -0.05) is 6.08 Å². The van der Waals surface area contributed by atoms with E-state index in [2.05, 4.69) is 12.5 Å². The van der Waals surface area contributed by atoms with Gasteiger partial charge in [-0.2, -0.15) is 0 Å². The van der Waals surface area contributed by atoms with E-state index in [0.29, 0.717) is 0 Å². The first-order valence-corrected chi connectivity index (χ1v) is 4.34. The van der Waals surface area contributed by atoms with Crippen LogP contribution in [0, 0.1) is 12.3 Å².